The molecule has 1 aliphatic carbocycles. The molecule has 1 heterocycles. The van der Waals surface area contributed by atoms with E-state index in [9.17, 15) is 15.0 Å². The molecule has 2 N–H and O–H groups in total. The SMILES string of the molecule is CC1=C[C@H]2c3c(O)cc(C)c(C(=O)O)c3OC(C)(C)[C@@H]2CC1. The average molecular weight is 302 g/mol. The number of hydrogen-bond acceptors (Lipinski definition) is 3. The summed E-state index contributed by atoms with van der Waals surface area (Å²) < 4.78 is 6.11. The lowest BCUT2D eigenvalue weighted by Gasteiger charge is -2.46. The number of benzene rings is 1. The normalized spacial score (nSPS) is 25.5. The van der Waals surface area contributed by atoms with Crippen LogP contribution in [0.1, 0.15) is 61.0 Å². The molecule has 0 aromatic heterocycles. The minimum Gasteiger partial charge on any atom is -0.507 e. The molecule has 1 aliphatic heterocycles. The smallest absolute Gasteiger partial charge is 0.339 e. The fraction of sp³-hybridized carbons (Fsp3) is 0.500. The number of rotatable bonds is 1. The van der Waals surface area contributed by atoms with Gasteiger partial charge in [-0.3, -0.25) is 0 Å². The van der Waals surface area contributed by atoms with Crippen LogP contribution in [0.2, 0.25) is 0 Å². The molecule has 0 saturated heterocycles. The van der Waals surface area contributed by atoms with Gasteiger partial charge in [-0.05, 0) is 52.2 Å². The first-order chi connectivity index (χ1) is 10.2. The van der Waals surface area contributed by atoms with Crippen LogP contribution in [0.15, 0.2) is 17.7 Å². The number of phenolic OH excluding ortho intramolecular Hbond substituents is 1. The van der Waals surface area contributed by atoms with Gasteiger partial charge in [0.05, 0.1) is 0 Å². The van der Waals surface area contributed by atoms with E-state index in [1.165, 1.54) is 5.57 Å². The van der Waals surface area contributed by atoms with Crippen molar-refractivity contribution in [2.45, 2.75) is 52.1 Å². The molecule has 2 atom stereocenters. The standard InChI is InChI=1S/C18H22O4/c1-9-5-6-12-11(7-9)15-13(19)8-10(2)14(17(20)21)16(15)22-18(12,3)4/h7-8,11-12,19H,5-6H2,1-4H3,(H,20,21)/t11-,12-/m1/s1. The fourth-order valence-electron chi connectivity index (χ4n) is 3.95. The lowest BCUT2D eigenvalue weighted by atomic mass is 9.67. The number of ether oxygens (including phenoxy) is 1. The number of carboxylic acids is 1. The Balaban J connectivity index is 2.31. The maximum absolute atomic E-state index is 11.7. The number of carbonyl (C=O) groups is 1. The third kappa shape index (κ3) is 2.09. The first-order valence-corrected chi connectivity index (χ1v) is 7.68. The quantitative estimate of drug-likeness (QED) is 0.769. The summed E-state index contributed by atoms with van der Waals surface area (Å²) >= 11 is 0. The molecule has 0 saturated carbocycles. The van der Waals surface area contributed by atoms with Gasteiger partial charge in [0.25, 0.3) is 0 Å². The van der Waals surface area contributed by atoms with E-state index in [4.69, 9.17) is 4.74 Å². The van der Waals surface area contributed by atoms with E-state index in [0.29, 0.717) is 16.9 Å². The van der Waals surface area contributed by atoms with Crippen LogP contribution < -0.4 is 4.74 Å². The Labute approximate surface area is 130 Å². The molecule has 2 aliphatic rings. The Bertz CT molecular complexity index is 685. The summed E-state index contributed by atoms with van der Waals surface area (Å²) in [6.07, 6.45) is 4.16. The summed E-state index contributed by atoms with van der Waals surface area (Å²) in [5.74, 6) is -0.305. The van der Waals surface area contributed by atoms with Gasteiger partial charge in [-0.1, -0.05) is 11.6 Å². The number of allylic oxidation sites excluding steroid dienone is 2. The van der Waals surface area contributed by atoms with E-state index in [-0.39, 0.29) is 23.1 Å². The molecule has 118 valence electrons. The molecule has 0 amide bonds. The number of phenols is 1. The lowest BCUT2D eigenvalue weighted by molar-refractivity contribution is 0.00922. The molecule has 0 spiro atoms. The van der Waals surface area contributed by atoms with E-state index in [0.717, 1.165) is 12.8 Å². The highest BCUT2D eigenvalue weighted by Crippen LogP contribution is 2.54. The summed E-state index contributed by atoms with van der Waals surface area (Å²) in [6, 6.07) is 1.54. The number of aryl methyl sites for hydroxylation is 1. The lowest BCUT2D eigenvalue weighted by Crippen LogP contribution is -2.45. The van der Waals surface area contributed by atoms with Gasteiger partial charge in [-0.15, -0.1) is 0 Å². The van der Waals surface area contributed by atoms with Crippen molar-refractivity contribution in [3.05, 3.63) is 34.4 Å². The number of fused-ring (bicyclic) bond motifs is 3. The summed E-state index contributed by atoms with van der Waals surface area (Å²) in [6.45, 7) is 7.79. The Morgan fingerprint density at radius 1 is 1.36 bits per heavy atom. The molecular formula is C18H22O4. The molecule has 0 radical (unpaired) electrons. The summed E-state index contributed by atoms with van der Waals surface area (Å²) in [7, 11) is 0. The minimum atomic E-state index is -1.01. The van der Waals surface area contributed by atoms with Crippen molar-refractivity contribution < 1.29 is 19.7 Å². The Kier molecular flexibility index (Phi) is 3.24. The maximum Gasteiger partial charge on any atom is 0.339 e. The van der Waals surface area contributed by atoms with E-state index in [1.807, 2.05) is 13.8 Å². The van der Waals surface area contributed by atoms with Crippen molar-refractivity contribution in [2.24, 2.45) is 5.92 Å². The van der Waals surface area contributed by atoms with Crippen molar-refractivity contribution >= 4 is 5.97 Å². The Morgan fingerprint density at radius 3 is 2.68 bits per heavy atom. The number of carboxylic acid groups (broad SMARTS) is 1. The highest BCUT2D eigenvalue weighted by Gasteiger charge is 2.46. The van der Waals surface area contributed by atoms with Gasteiger partial charge < -0.3 is 14.9 Å². The zero-order valence-corrected chi connectivity index (χ0v) is 13.4. The first kappa shape index (κ1) is 14.9. The zero-order chi connectivity index (χ0) is 16.2. The topological polar surface area (TPSA) is 66.8 Å². The van der Waals surface area contributed by atoms with E-state index < -0.39 is 11.6 Å². The van der Waals surface area contributed by atoms with Gasteiger partial charge >= 0.3 is 5.97 Å². The van der Waals surface area contributed by atoms with E-state index in [2.05, 4.69) is 13.0 Å². The molecule has 1 aromatic carbocycles. The maximum atomic E-state index is 11.7. The molecule has 4 heteroatoms. The number of hydrogen-bond donors (Lipinski definition) is 2. The highest BCUT2D eigenvalue weighted by atomic mass is 16.5. The van der Waals surface area contributed by atoms with Crippen LogP contribution >= 0.6 is 0 Å². The van der Waals surface area contributed by atoms with Crippen molar-refractivity contribution in [3.63, 3.8) is 0 Å². The summed E-state index contributed by atoms with van der Waals surface area (Å²) in [5.41, 5.74) is 2.14. The first-order valence-electron chi connectivity index (χ1n) is 7.68. The second kappa shape index (κ2) is 4.77. The second-order valence-electron chi connectivity index (χ2n) is 7.03. The van der Waals surface area contributed by atoms with Crippen LogP contribution in [0.5, 0.6) is 11.5 Å². The average Bonchev–Trinajstić information content (AvgIpc) is 2.35. The fourth-order valence-corrected chi connectivity index (χ4v) is 3.95. The Hall–Kier alpha value is -1.97. The highest BCUT2D eigenvalue weighted by molar-refractivity contribution is 5.94. The van der Waals surface area contributed by atoms with Gasteiger partial charge in [0, 0.05) is 17.4 Å². The largest absolute Gasteiger partial charge is 0.507 e. The van der Waals surface area contributed by atoms with Crippen LogP contribution in [0.3, 0.4) is 0 Å². The molecule has 1 aromatic rings. The van der Waals surface area contributed by atoms with Crippen LogP contribution in [-0.2, 0) is 0 Å². The predicted molar refractivity (Wildman–Crippen MR) is 83.7 cm³/mol. The molecule has 0 bridgehead atoms. The minimum absolute atomic E-state index is 0.00574. The van der Waals surface area contributed by atoms with Crippen molar-refractivity contribution in [1.29, 1.82) is 0 Å². The van der Waals surface area contributed by atoms with Crippen molar-refractivity contribution in [1.82, 2.24) is 0 Å². The predicted octanol–water partition coefficient (Wildman–Crippen LogP) is 4.01. The van der Waals surface area contributed by atoms with Crippen LogP contribution in [0.25, 0.3) is 0 Å². The molecule has 0 fully saturated rings. The van der Waals surface area contributed by atoms with E-state index in [1.54, 1.807) is 13.0 Å². The van der Waals surface area contributed by atoms with Crippen LogP contribution in [0.4, 0.5) is 0 Å². The van der Waals surface area contributed by atoms with Crippen molar-refractivity contribution in [2.75, 3.05) is 0 Å². The molecule has 4 nitrogen and oxygen atoms in total. The Morgan fingerprint density at radius 2 is 2.05 bits per heavy atom. The van der Waals surface area contributed by atoms with Crippen LogP contribution in [0, 0.1) is 12.8 Å². The molecule has 3 rings (SSSR count). The number of aromatic carboxylic acids is 1. The van der Waals surface area contributed by atoms with E-state index >= 15 is 0 Å². The van der Waals surface area contributed by atoms with Gasteiger partial charge in [0.2, 0.25) is 0 Å². The third-order valence-corrected chi connectivity index (χ3v) is 5.05. The third-order valence-electron chi connectivity index (χ3n) is 5.05. The monoisotopic (exact) mass is 302 g/mol. The second-order valence-corrected chi connectivity index (χ2v) is 7.03. The van der Waals surface area contributed by atoms with Crippen LogP contribution in [-0.4, -0.2) is 21.8 Å². The molecule has 0 unspecified atom stereocenters. The van der Waals surface area contributed by atoms with Gasteiger partial charge in [-0.2, -0.15) is 0 Å². The summed E-state index contributed by atoms with van der Waals surface area (Å²) in [4.78, 5) is 11.7. The summed E-state index contributed by atoms with van der Waals surface area (Å²) in [5, 5.41) is 20.0. The van der Waals surface area contributed by atoms with Gasteiger partial charge in [0.15, 0.2) is 0 Å². The number of aromatic hydroxyl groups is 1. The molecular weight excluding hydrogens is 280 g/mol. The van der Waals surface area contributed by atoms with Crippen molar-refractivity contribution in [3.8, 4) is 11.5 Å². The molecule has 22 heavy (non-hydrogen) atoms. The zero-order valence-electron chi connectivity index (χ0n) is 13.4. The van der Waals surface area contributed by atoms with Gasteiger partial charge in [0.1, 0.15) is 22.7 Å². The van der Waals surface area contributed by atoms with Gasteiger partial charge in [-0.25, -0.2) is 4.79 Å².